The van der Waals surface area contributed by atoms with Crippen molar-refractivity contribution in [1.29, 1.82) is 0 Å². The molecular weight excluding hydrogens is 744 g/mol. The van der Waals surface area contributed by atoms with E-state index in [1.165, 1.54) is 21.9 Å². The first-order valence-corrected chi connectivity index (χ1v) is 16.7. The minimum Gasteiger partial charge on any atom is -0.257 e. The van der Waals surface area contributed by atoms with Gasteiger partial charge in [-0.3, -0.25) is 9.36 Å². The van der Waals surface area contributed by atoms with E-state index in [1.807, 2.05) is 24.3 Å². The zero-order chi connectivity index (χ0) is 31.9. The fourth-order valence-corrected chi connectivity index (χ4v) is 6.64. The van der Waals surface area contributed by atoms with E-state index in [2.05, 4.69) is 138 Å². The fourth-order valence-electron chi connectivity index (χ4n) is 6.64. The normalized spacial score (nSPS) is 14.6. The molecule has 0 saturated heterocycles. The molecular formula is C41H46N4Pt. The Morgan fingerprint density at radius 2 is 1.04 bits per heavy atom. The number of para-hydroxylation sites is 2. The third-order valence-corrected chi connectivity index (χ3v) is 10.5. The summed E-state index contributed by atoms with van der Waals surface area (Å²) in [6.07, 6.45) is 2.29. The van der Waals surface area contributed by atoms with Crippen molar-refractivity contribution in [3.05, 3.63) is 120 Å². The minimum absolute atomic E-state index is 0. The van der Waals surface area contributed by atoms with Gasteiger partial charge >= 0.3 is 21.1 Å². The molecule has 0 aliphatic carbocycles. The molecule has 0 amide bonds. The van der Waals surface area contributed by atoms with Gasteiger partial charge in [-0.1, -0.05) is 66.5 Å². The molecule has 4 nitrogen and oxygen atoms in total. The van der Waals surface area contributed by atoms with Gasteiger partial charge in [0.25, 0.3) is 0 Å². The molecule has 4 unspecified atom stereocenters. The number of rotatable bonds is 10. The molecule has 46 heavy (non-hydrogen) atoms. The molecule has 0 saturated carbocycles. The zero-order valence-corrected chi connectivity index (χ0v) is 30.7. The number of hydrogen-bond acceptors (Lipinski definition) is 2. The maximum absolute atomic E-state index is 5.39. The van der Waals surface area contributed by atoms with E-state index in [0.717, 1.165) is 46.6 Å². The van der Waals surface area contributed by atoms with E-state index < -0.39 is 5.41 Å². The minimum atomic E-state index is -0.507. The molecule has 6 rings (SSSR count). The van der Waals surface area contributed by atoms with Crippen LogP contribution in [-0.2, 0) is 26.5 Å². The zero-order valence-electron chi connectivity index (χ0n) is 28.4. The van der Waals surface area contributed by atoms with Crippen LogP contribution in [0.4, 0.5) is 0 Å². The van der Waals surface area contributed by atoms with Crippen LogP contribution >= 0.6 is 0 Å². The average molecular weight is 790 g/mol. The van der Waals surface area contributed by atoms with Crippen molar-refractivity contribution >= 4 is 21.8 Å². The van der Waals surface area contributed by atoms with Crippen molar-refractivity contribution in [2.45, 2.75) is 85.5 Å². The Labute approximate surface area is 289 Å². The van der Waals surface area contributed by atoms with Crippen molar-refractivity contribution in [2.75, 3.05) is 0 Å². The molecule has 0 aliphatic rings. The first-order chi connectivity index (χ1) is 21.6. The average Bonchev–Trinajstić information content (AvgIpc) is 3.67. The molecule has 0 N–H and O–H groups in total. The molecule has 2 aromatic heterocycles. The van der Waals surface area contributed by atoms with E-state index in [-0.39, 0.29) is 21.1 Å². The maximum Gasteiger partial charge on any atom is 2.00 e. The Hall–Kier alpha value is -3.49. The summed E-state index contributed by atoms with van der Waals surface area (Å²) in [5.74, 6) is 2.06. The van der Waals surface area contributed by atoms with E-state index >= 15 is 0 Å². The standard InChI is InChI=1S/C41H46N4.Pt/c1-9-27(3)29(5)31-21-23-37-35(25-31)39(42-44(37)33-17-13-11-14-18-33)41(7,8)40-36-26-32(30(6)28(4)10-2)22-24-38(36)45(43-40)34-19-15-12-16-20-34;/h11-17,19,21-30H,9-10H2,1-8H3;/q-2;+2. The fraction of sp³-hybridized carbons (Fsp3) is 0.366. The van der Waals surface area contributed by atoms with Gasteiger partial charge < -0.3 is 0 Å². The van der Waals surface area contributed by atoms with Crippen molar-refractivity contribution in [1.82, 2.24) is 19.6 Å². The van der Waals surface area contributed by atoms with E-state index in [1.54, 1.807) is 0 Å². The van der Waals surface area contributed by atoms with Crippen LogP contribution in [0.3, 0.4) is 0 Å². The van der Waals surface area contributed by atoms with Gasteiger partial charge in [0.05, 0.1) is 27.8 Å². The molecule has 4 aromatic carbocycles. The summed E-state index contributed by atoms with van der Waals surface area (Å²) < 4.78 is 4.12. The third kappa shape index (κ3) is 6.02. The molecule has 0 aliphatic heterocycles. The van der Waals surface area contributed by atoms with Gasteiger partial charge in [-0.2, -0.15) is 58.7 Å². The van der Waals surface area contributed by atoms with Gasteiger partial charge in [0.1, 0.15) is 0 Å². The molecule has 5 heteroatoms. The molecule has 240 valence electrons. The summed E-state index contributed by atoms with van der Waals surface area (Å²) in [5.41, 5.74) is 8.30. The number of nitrogens with zero attached hydrogens (tertiary/aromatic N) is 4. The molecule has 2 heterocycles. The number of hydrogen-bond donors (Lipinski definition) is 0. The third-order valence-electron chi connectivity index (χ3n) is 10.5. The summed E-state index contributed by atoms with van der Waals surface area (Å²) in [7, 11) is 0. The topological polar surface area (TPSA) is 35.6 Å². The Balaban J connectivity index is 0.00000417. The van der Waals surface area contributed by atoms with Gasteiger partial charge in [0, 0.05) is 10.8 Å². The van der Waals surface area contributed by atoms with Crippen molar-refractivity contribution in [3.63, 3.8) is 0 Å². The molecule has 0 bridgehead atoms. The molecule has 4 atom stereocenters. The van der Waals surface area contributed by atoms with Crippen molar-refractivity contribution in [3.8, 4) is 11.4 Å². The number of benzene rings is 4. The summed E-state index contributed by atoms with van der Waals surface area (Å²) in [6.45, 7) is 18.5. The maximum atomic E-state index is 5.39. The predicted molar refractivity (Wildman–Crippen MR) is 188 cm³/mol. The molecule has 0 fully saturated rings. The second-order valence-corrected chi connectivity index (χ2v) is 13.5. The second kappa shape index (κ2) is 13.7. The van der Waals surface area contributed by atoms with E-state index in [0.29, 0.717) is 23.7 Å². The Kier molecular flexibility index (Phi) is 10.1. The van der Waals surface area contributed by atoms with Gasteiger partial charge in [-0.15, -0.1) is 12.1 Å². The SMILES string of the molecule is CCC(C)C(C)c1ccc2c(c1)c(C(C)(C)c1nn(-c3[c-]cccc3)c3ccc(C(C)C(C)CC)cc13)nn2-c1[c-]cccc1.[Pt+2]. The van der Waals surface area contributed by atoms with Crippen molar-refractivity contribution in [2.24, 2.45) is 11.8 Å². The second-order valence-electron chi connectivity index (χ2n) is 13.5. The number of aromatic nitrogens is 4. The van der Waals surface area contributed by atoms with E-state index in [9.17, 15) is 0 Å². The molecule has 0 spiro atoms. The summed E-state index contributed by atoms with van der Waals surface area (Å²) in [5, 5.41) is 13.1. The van der Waals surface area contributed by atoms with Crippen LogP contribution < -0.4 is 0 Å². The van der Waals surface area contributed by atoms with Crippen LogP contribution in [0, 0.1) is 24.0 Å². The van der Waals surface area contributed by atoms with Crippen LogP contribution in [0.1, 0.15) is 103 Å². The van der Waals surface area contributed by atoms with Crippen LogP contribution in [0.5, 0.6) is 0 Å². The van der Waals surface area contributed by atoms with Crippen LogP contribution in [0.25, 0.3) is 33.2 Å². The Morgan fingerprint density at radius 3 is 1.39 bits per heavy atom. The number of fused-ring (bicyclic) bond motifs is 2. The summed E-state index contributed by atoms with van der Waals surface area (Å²) in [4.78, 5) is 0. The van der Waals surface area contributed by atoms with Gasteiger partial charge in [-0.25, -0.2) is 0 Å². The Morgan fingerprint density at radius 1 is 0.630 bits per heavy atom. The van der Waals surface area contributed by atoms with Crippen molar-refractivity contribution < 1.29 is 21.1 Å². The van der Waals surface area contributed by atoms with Crippen LogP contribution in [0.15, 0.2) is 84.9 Å². The Bertz CT molecular complexity index is 1780. The smallest absolute Gasteiger partial charge is 0.257 e. The monoisotopic (exact) mass is 789 g/mol. The summed E-state index contributed by atoms with van der Waals surface area (Å²) >= 11 is 0. The van der Waals surface area contributed by atoms with Gasteiger partial charge in [-0.05, 0) is 84.3 Å². The quantitative estimate of drug-likeness (QED) is 0.130. The molecule has 0 radical (unpaired) electrons. The van der Waals surface area contributed by atoms with Gasteiger partial charge in [0.2, 0.25) is 0 Å². The van der Waals surface area contributed by atoms with Crippen LogP contribution in [0.2, 0.25) is 0 Å². The van der Waals surface area contributed by atoms with Gasteiger partial charge in [0.15, 0.2) is 0 Å². The predicted octanol–water partition coefficient (Wildman–Crippen LogP) is 10.6. The van der Waals surface area contributed by atoms with E-state index in [4.69, 9.17) is 10.2 Å². The van der Waals surface area contributed by atoms with Crippen LogP contribution in [-0.4, -0.2) is 19.6 Å². The summed E-state index contributed by atoms with van der Waals surface area (Å²) in [6, 6.07) is 36.9. The largest absolute Gasteiger partial charge is 2.00 e. The molecule has 6 aromatic rings. The first kappa shape index (κ1) is 33.9. The first-order valence-electron chi connectivity index (χ1n) is 16.7.